The van der Waals surface area contributed by atoms with Crippen molar-refractivity contribution in [3.8, 4) is 0 Å². The number of nitrogens with two attached hydrogens (primary N) is 1. The van der Waals surface area contributed by atoms with Crippen LogP contribution in [0.5, 0.6) is 0 Å². The van der Waals surface area contributed by atoms with E-state index < -0.39 is 0 Å². The third kappa shape index (κ3) is 6.76. The quantitative estimate of drug-likeness (QED) is 0.308. The summed E-state index contributed by atoms with van der Waals surface area (Å²) in [6, 6.07) is 8.27. The Labute approximate surface area is 189 Å². The van der Waals surface area contributed by atoms with Gasteiger partial charge >= 0.3 is 0 Å². The molecule has 0 aromatic heterocycles. The largest absolute Gasteiger partial charge is 0.370 e. The zero-order valence-electron chi connectivity index (χ0n) is 16.9. The van der Waals surface area contributed by atoms with Crippen molar-refractivity contribution in [3.63, 3.8) is 0 Å². The number of rotatable bonds is 5. The van der Waals surface area contributed by atoms with Crippen LogP contribution in [0.1, 0.15) is 24.8 Å². The molecule has 29 heavy (non-hydrogen) atoms. The summed E-state index contributed by atoms with van der Waals surface area (Å²) in [4.78, 5) is 31.5. The minimum Gasteiger partial charge on any atom is -0.370 e. The molecule has 9 heteroatoms. The molecule has 8 nitrogen and oxygen atoms in total. The van der Waals surface area contributed by atoms with Crippen molar-refractivity contribution >= 4 is 47.4 Å². The van der Waals surface area contributed by atoms with Gasteiger partial charge in [-0.2, -0.15) is 0 Å². The number of piperazine rings is 1. The average molecular weight is 514 g/mol. The first-order valence-corrected chi connectivity index (χ1v) is 9.89. The van der Waals surface area contributed by atoms with Crippen molar-refractivity contribution in [1.82, 2.24) is 15.5 Å². The Morgan fingerprint density at radius 3 is 2.72 bits per heavy atom. The molecule has 3 rings (SSSR count). The summed E-state index contributed by atoms with van der Waals surface area (Å²) >= 11 is 0. The minimum absolute atomic E-state index is 0. The topological polar surface area (TPSA) is 103 Å². The lowest BCUT2D eigenvalue weighted by atomic mass is 9.95. The van der Waals surface area contributed by atoms with E-state index in [0.29, 0.717) is 32.0 Å². The first kappa shape index (κ1) is 23.2. The summed E-state index contributed by atoms with van der Waals surface area (Å²) in [5.41, 5.74) is 7.57. The molecule has 160 valence electrons. The number of likely N-dealkylation sites (tertiary alicyclic amines) is 1. The highest BCUT2D eigenvalue weighted by Gasteiger charge is 2.23. The fourth-order valence-electron chi connectivity index (χ4n) is 3.91. The SMILES string of the molecule is CN=C(NCc1ccc(N2CCNC(=O)C2)cc1)N1CCCC(CC(N)=O)C1.I. The number of amides is 2. The molecule has 0 aliphatic carbocycles. The number of hydrogen-bond donors (Lipinski definition) is 3. The molecule has 2 heterocycles. The highest BCUT2D eigenvalue weighted by atomic mass is 127. The third-order valence-electron chi connectivity index (χ3n) is 5.31. The summed E-state index contributed by atoms with van der Waals surface area (Å²) < 4.78 is 0. The first-order chi connectivity index (χ1) is 13.5. The number of aliphatic imine (C=N–C) groups is 1. The first-order valence-electron chi connectivity index (χ1n) is 9.89. The number of nitrogens with one attached hydrogen (secondary N) is 2. The van der Waals surface area contributed by atoms with E-state index in [-0.39, 0.29) is 35.8 Å². The summed E-state index contributed by atoms with van der Waals surface area (Å²) in [5, 5.41) is 6.26. The second-order valence-electron chi connectivity index (χ2n) is 7.46. The Hall–Kier alpha value is -2.04. The lowest BCUT2D eigenvalue weighted by Gasteiger charge is -2.34. The fraction of sp³-hybridized carbons (Fsp3) is 0.550. The van der Waals surface area contributed by atoms with Gasteiger partial charge in [0.25, 0.3) is 0 Å². The van der Waals surface area contributed by atoms with E-state index in [1.54, 1.807) is 7.05 Å². The zero-order chi connectivity index (χ0) is 19.9. The monoisotopic (exact) mass is 514 g/mol. The number of halogens is 1. The van der Waals surface area contributed by atoms with E-state index in [9.17, 15) is 9.59 Å². The van der Waals surface area contributed by atoms with Crippen LogP contribution in [0.15, 0.2) is 29.3 Å². The van der Waals surface area contributed by atoms with Gasteiger partial charge in [-0.15, -0.1) is 24.0 Å². The van der Waals surface area contributed by atoms with Gasteiger partial charge in [-0.05, 0) is 36.5 Å². The number of carbonyl (C=O) groups excluding carboxylic acids is 2. The molecule has 0 bridgehead atoms. The third-order valence-corrected chi connectivity index (χ3v) is 5.31. The molecular weight excluding hydrogens is 483 g/mol. The predicted molar refractivity (Wildman–Crippen MR) is 125 cm³/mol. The number of nitrogens with zero attached hydrogens (tertiary/aromatic N) is 3. The maximum atomic E-state index is 11.6. The molecule has 2 fully saturated rings. The van der Waals surface area contributed by atoms with E-state index >= 15 is 0 Å². The number of guanidine groups is 1. The van der Waals surface area contributed by atoms with Crippen LogP contribution in [0.3, 0.4) is 0 Å². The molecule has 2 amide bonds. The minimum atomic E-state index is -0.235. The molecule has 1 atom stereocenters. The number of carbonyl (C=O) groups is 2. The van der Waals surface area contributed by atoms with E-state index in [0.717, 1.165) is 49.7 Å². The number of hydrogen-bond acceptors (Lipinski definition) is 4. The van der Waals surface area contributed by atoms with Gasteiger partial charge in [-0.25, -0.2) is 0 Å². The number of piperidine rings is 1. The van der Waals surface area contributed by atoms with Gasteiger partial charge in [0.2, 0.25) is 11.8 Å². The molecule has 0 saturated carbocycles. The summed E-state index contributed by atoms with van der Waals surface area (Å²) in [5.74, 6) is 0.981. The van der Waals surface area contributed by atoms with Gasteiger partial charge in [0.1, 0.15) is 0 Å². The predicted octanol–water partition coefficient (Wildman–Crippen LogP) is 0.904. The van der Waals surface area contributed by atoms with Crippen LogP contribution in [0.4, 0.5) is 5.69 Å². The maximum Gasteiger partial charge on any atom is 0.239 e. The van der Waals surface area contributed by atoms with Crippen molar-refractivity contribution in [1.29, 1.82) is 0 Å². The second-order valence-corrected chi connectivity index (χ2v) is 7.46. The molecule has 1 aromatic rings. The Bertz CT molecular complexity index is 724. The Morgan fingerprint density at radius 2 is 2.07 bits per heavy atom. The van der Waals surface area contributed by atoms with Crippen LogP contribution in [0.2, 0.25) is 0 Å². The summed E-state index contributed by atoms with van der Waals surface area (Å²) in [6.07, 6.45) is 2.51. The molecule has 2 saturated heterocycles. The van der Waals surface area contributed by atoms with Crippen molar-refractivity contribution in [2.45, 2.75) is 25.8 Å². The fourth-order valence-corrected chi connectivity index (χ4v) is 3.91. The number of primary amides is 1. The van der Waals surface area contributed by atoms with Crippen LogP contribution in [-0.2, 0) is 16.1 Å². The van der Waals surface area contributed by atoms with Gasteiger partial charge < -0.3 is 26.2 Å². The maximum absolute atomic E-state index is 11.6. The van der Waals surface area contributed by atoms with E-state index in [1.165, 1.54) is 0 Å². The molecule has 0 radical (unpaired) electrons. The smallest absolute Gasteiger partial charge is 0.239 e. The second kappa shape index (κ2) is 11.2. The van der Waals surface area contributed by atoms with Gasteiger partial charge in [0.15, 0.2) is 5.96 Å². The van der Waals surface area contributed by atoms with Crippen LogP contribution in [0.25, 0.3) is 0 Å². The van der Waals surface area contributed by atoms with Crippen LogP contribution in [-0.4, -0.2) is 62.4 Å². The Kier molecular flexibility index (Phi) is 8.99. The van der Waals surface area contributed by atoms with Gasteiger partial charge in [0, 0.05) is 51.9 Å². The Morgan fingerprint density at radius 1 is 1.31 bits per heavy atom. The van der Waals surface area contributed by atoms with Crippen molar-refractivity contribution in [3.05, 3.63) is 29.8 Å². The zero-order valence-corrected chi connectivity index (χ0v) is 19.2. The molecule has 2 aliphatic rings. The van der Waals surface area contributed by atoms with Gasteiger partial charge in [-0.3, -0.25) is 14.6 Å². The normalized spacial score (nSPS) is 20.0. The molecule has 2 aliphatic heterocycles. The number of benzene rings is 1. The van der Waals surface area contributed by atoms with Crippen molar-refractivity contribution in [2.75, 3.05) is 44.7 Å². The van der Waals surface area contributed by atoms with Crippen LogP contribution in [0, 0.1) is 5.92 Å². The molecule has 4 N–H and O–H groups in total. The lowest BCUT2D eigenvalue weighted by molar-refractivity contribution is -0.120. The van der Waals surface area contributed by atoms with E-state index in [1.807, 2.05) is 0 Å². The van der Waals surface area contributed by atoms with Gasteiger partial charge in [-0.1, -0.05) is 12.1 Å². The molecule has 1 unspecified atom stereocenters. The molecule has 1 aromatic carbocycles. The summed E-state index contributed by atoms with van der Waals surface area (Å²) in [7, 11) is 1.78. The van der Waals surface area contributed by atoms with Gasteiger partial charge in [0.05, 0.1) is 6.54 Å². The highest BCUT2D eigenvalue weighted by molar-refractivity contribution is 14.0. The van der Waals surface area contributed by atoms with Crippen LogP contribution >= 0.6 is 24.0 Å². The molecular formula is C20H31IN6O2. The van der Waals surface area contributed by atoms with E-state index in [4.69, 9.17) is 5.73 Å². The number of anilines is 1. The highest BCUT2D eigenvalue weighted by Crippen LogP contribution is 2.20. The summed E-state index contributed by atoms with van der Waals surface area (Å²) in [6.45, 7) is 4.34. The van der Waals surface area contributed by atoms with E-state index in [2.05, 4.69) is 49.7 Å². The lowest BCUT2D eigenvalue weighted by Crippen LogP contribution is -2.47. The standard InChI is InChI=1S/C20H30N6O2.HI/c1-22-20(26-9-2-3-16(13-26)11-18(21)27)24-12-15-4-6-17(7-5-15)25-10-8-23-19(28)14-25;/h4-7,16H,2-3,8-14H2,1H3,(H2,21,27)(H,22,24)(H,23,28);1H. The van der Waals surface area contributed by atoms with Crippen molar-refractivity contribution < 1.29 is 9.59 Å². The Balaban J connectivity index is 0.00000300. The van der Waals surface area contributed by atoms with Crippen molar-refractivity contribution in [2.24, 2.45) is 16.6 Å². The average Bonchev–Trinajstić information content (AvgIpc) is 2.69. The molecule has 0 spiro atoms. The van der Waals surface area contributed by atoms with Crippen LogP contribution < -0.4 is 21.3 Å².